The molecule has 0 N–H and O–H groups in total. The van der Waals surface area contributed by atoms with Gasteiger partial charge in [0.1, 0.15) is 5.52 Å². The first-order valence-corrected chi connectivity index (χ1v) is 18.3. The first-order chi connectivity index (χ1) is 26.0. The number of fused-ring (bicyclic) bond motifs is 8. The van der Waals surface area contributed by atoms with E-state index in [2.05, 4.69) is 164 Å². The van der Waals surface area contributed by atoms with Crippen molar-refractivity contribution >= 4 is 71.3 Å². The molecule has 0 aliphatic heterocycles. The van der Waals surface area contributed by atoms with Gasteiger partial charge in [-0.1, -0.05) is 135 Å². The minimum Gasteiger partial charge on any atom is -0.436 e. The van der Waals surface area contributed by atoms with Crippen LogP contribution in [0.3, 0.4) is 0 Å². The number of nitrogens with zero attached hydrogens (tertiary/aromatic N) is 2. The van der Waals surface area contributed by atoms with Crippen LogP contribution >= 0.6 is 0 Å². The molecular weight excluding hydrogens is 645 g/mol. The van der Waals surface area contributed by atoms with Crippen LogP contribution in [0.2, 0.25) is 0 Å². The number of para-hydroxylation sites is 2. The van der Waals surface area contributed by atoms with Gasteiger partial charge in [-0.15, -0.1) is 0 Å². The molecule has 1 aliphatic carbocycles. The minimum absolute atomic E-state index is 0.268. The predicted octanol–water partition coefficient (Wildman–Crippen LogP) is 13.9. The summed E-state index contributed by atoms with van der Waals surface area (Å²) in [6, 6.07) is 61.7. The molecular formula is C50H34N2O. The van der Waals surface area contributed by atoms with E-state index >= 15 is 0 Å². The van der Waals surface area contributed by atoms with Crippen LogP contribution in [-0.4, -0.2) is 4.98 Å². The van der Waals surface area contributed by atoms with Crippen molar-refractivity contribution in [1.82, 2.24) is 4.98 Å². The van der Waals surface area contributed by atoms with Crippen LogP contribution in [0.1, 0.15) is 25.0 Å². The number of hydrogen-bond acceptors (Lipinski definition) is 3. The maximum Gasteiger partial charge on any atom is 0.227 e. The fraction of sp³-hybridized carbons (Fsp3) is 0.0600. The molecule has 0 amide bonds. The summed E-state index contributed by atoms with van der Waals surface area (Å²) in [5.74, 6) is 0.651. The third-order valence-corrected chi connectivity index (χ3v) is 11.4. The number of oxazole rings is 1. The van der Waals surface area contributed by atoms with Crippen molar-refractivity contribution in [2.75, 3.05) is 4.90 Å². The Morgan fingerprint density at radius 3 is 1.49 bits per heavy atom. The Balaban J connectivity index is 1.19. The first-order valence-electron chi connectivity index (χ1n) is 18.3. The lowest BCUT2D eigenvalue weighted by Crippen LogP contribution is -2.17. The third kappa shape index (κ3) is 4.44. The molecule has 0 atom stereocenters. The summed E-state index contributed by atoms with van der Waals surface area (Å²) < 4.78 is 6.23. The highest BCUT2D eigenvalue weighted by Gasteiger charge is 2.37. The smallest absolute Gasteiger partial charge is 0.227 e. The predicted molar refractivity (Wildman–Crippen MR) is 222 cm³/mol. The Morgan fingerprint density at radius 2 is 0.943 bits per heavy atom. The average molecular weight is 679 g/mol. The zero-order valence-corrected chi connectivity index (χ0v) is 29.5. The molecule has 0 bridgehead atoms. The summed E-state index contributed by atoms with van der Waals surface area (Å²) in [4.78, 5) is 7.39. The van der Waals surface area contributed by atoms with E-state index in [0.29, 0.717) is 5.89 Å². The lowest BCUT2D eigenvalue weighted by molar-refractivity contribution is 0.618. The number of rotatable bonds is 4. The summed E-state index contributed by atoms with van der Waals surface area (Å²) in [6.45, 7) is 4.70. The highest BCUT2D eigenvalue weighted by molar-refractivity contribution is 6.20. The zero-order valence-electron chi connectivity index (χ0n) is 29.5. The fourth-order valence-corrected chi connectivity index (χ4v) is 8.82. The van der Waals surface area contributed by atoms with Crippen molar-refractivity contribution < 1.29 is 4.42 Å². The van der Waals surface area contributed by atoms with Gasteiger partial charge in [-0.2, -0.15) is 0 Å². The molecule has 0 unspecified atom stereocenters. The lowest BCUT2D eigenvalue weighted by atomic mass is 9.81. The maximum absolute atomic E-state index is 6.23. The maximum atomic E-state index is 6.23. The molecule has 9 aromatic carbocycles. The summed E-state index contributed by atoms with van der Waals surface area (Å²) in [5, 5.41) is 9.74. The normalized spacial score (nSPS) is 13.2. The molecule has 3 nitrogen and oxygen atoms in total. The minimum atomic E-state index is -0.268. The van der Waals surface area contributed by atoms with Crippen LogP contribution in [0.4, 0.5) is 17.1 Å². The van der Waals surface area contributed by atoms with E-state index < -0.39 is 0 Å². The van der Waals surface area contributed by atoms with Crippen LogP contribution in [0.5, 0.6) is 0 Å². The van der Waals surface area contributed by atoms with Crippen molar-refractivity contribution in [1.29, 1.82) is 0 Å². The van der Waals surface area contributed by atoms with Crippen molar-refractivity contribution in [2.45, 2.75) is 19.3 Å². The molecule has 3 heteroatoms. The van der Waals surface area contributed by atoms with Gasteiger partial charge in [0.15, 0.2) is 5.58 Å². The summed E-state index contributed by atoms with van der Waals surface area (Å²) >= 11 is 0. The Morgan fingerprint density at radius 1 is 0.472 bits per heavy atom. The molecule has 10 aromatic rings. The Hall–Kier alpha value is -6.71. The first kappa shape index (κ1) is 30.0. The second-order valence-electron chi connectivity index (χ2n) is 14.8. The van der Waals surface area contributed by atoms with Crippen LogP contribution in [0.25, 0.3) is 76.8 Å². The van der Waals surface area contributed by atoms with Gasteiger partial charge in [-0.05, 0) is 92.3 Å². The van der Waals surface area contributed by atoms with Crippen LogP contribution in [0, 0.1) is 0 Å². The van der Waals surface area contributed by atoms with E-state index in [9.17, 15) is 0 Å². The van der Waals surface area contributed by atoms with Crippen molar-refractivity contribution in [2.24, 2.45) is 0 Å². The number of aromatic nitrogens is 1. The fourth-order valence-electron chi connectivity index (χ4n) is 8.82. The molecule has 0 radical (unpaired) electrons. The lowest BCUT2D eigenvalue weighted by Gasteiger charge is -2.32. The van der Waals surface area contributed by atoms with Gasteiger partial charge in [-0.25, -0.2) is 4.98 Å². The van der Waals surface area contributed by atoms with Crippen molar-refractivity contribution in [3.63, 3.8) is 0 Å². The largest absolute Gasteiger partial charge is 0.436 e. The molecule has 53 heavy (non-hydrogen) atoms. The Labute approximate surface area is 307 Å². The average Bonchev–Trinajstić information content (AvgIpc) is 3.73. The summed E-state index contributed by atoms with van der Waals surface area (Å²) in [5.41, 5.74) is 11.0. The molecule has 1 aromatic heterocycles. The van der Waals surface area contributed by atoms with Crippen molar-refractivity contribution in [3.05, 3.63) is 181 Å². The molecule has 0 fully saturated rings. The monoisotopic (exact) mass is 678 g/mol. The summed E-state index contributed by atoms with van der Waals surface area (Å²) in [6.07, 6.45) is 0. The highest BCUT2D eigenvalue weighted by atomic mass is 16.3. The van der Waals surface area contributed by atoms with Gasteiger partial charge in [0.05, 0.1) is 11.4 Å². The van der Waals surface area contributed by atoms with Crippen LogP contribution < -0.4 is 4.90 Å². The Kier molecular flexibility index (Phi) is 6.30. The van der Waals surface area contributed by atoms with E-state index in [4.69, 9.17) is 9.40 Å². The third-order valence-electron chi connectivity index (χ3n) is 11.4. The van der Waals surface area contributed by atoms with E-state index in [1.54, 1.807) is 0 Å². The molecule has 0 saturated heterocycles. The summed E-state index contributed by atoms with van der Waals surface area (Å²) in [7, 11) is 0. The second-order valence-corrected chi connectivity index (χ2v) is 14.8. The standard InChI is InChI=1S/C50H34N2O/c1-50(2)43-29-35(49-51-45-21-11-12-22-46(45)53-49)23-25-41(43)42-26-24-36(30-44(42)50)52(47-37-17-7-3-13-31(37)27-32-14-4-8-18-38(32)47)48-39-19-9-5-15-33(39)28-34-16-6-10-20-40(34)48/h3-30H,1-2H3. The van der Waals surface area contributed by atoms with Gasteiger partial charge in [0.2, 0.25) is 5.89 Å². The molecule has 0 saturated carbocycles. The number of anilines is 3. The SMILES string of the molecule is CC1(C)c2cc(-c3nc4ccccc4o3)ccc2-c2ccc(N(c3c4ccccc4cc4ccccc34)c3c4ccccc4cc4ccccc34)cc21. The van der Waals surface area contributed by atoms with Gasteiger partial charge < -0.3 is 9.32 Å². The zero-order chi connectivity index (χ0) is 35.3. The molecule has 1 heterocycles. The highest BCUT2D eigenvalue weighted by Crippen LogP contribution is 2.54. The number of hydrogen-bond donors (Lipinski definition) is 0. The Bertz CT molecular complexity index is 2850. The van der Waals surface area contributed by atoms with Gasteiger partial charge >= 0.3 is 0 Å². The van der Waals surface area contributed by atoms with Crippen molar-refractivity contribution in [3.8, 4) is 22.6 Å². The molecule has 250 valence electrons. The number of benzene rings is 9. The van der Waals surface area contributed by atoms with Crippen LogP contribution in [-0.2, 0) is 5.41 Å². The van der Waals surface area contributed by atoms with E-state index in [0.717, 1.165) is 22.4 Å². The van der Waals surface area contributed by atoms with E-state index in [-0.39, 0.29) is 5.41 Å². The quantitative estimate of drug-likeness (QED) is 0.174. The van der Waals surface area contributed by atoms with Gasteiger partial charge in [0.25, 0.3) is 0 Å². The molecule has 1 aliphatic rings. The van der Waals surface area contributed by atoms with Crippen LogP contribution in [0.15, 0.2) is 174 Å². The second kappa shape index (κ2) is 11.1. The van der Waals surface area contributed by atoms with E-state index in [1.165, 1.54) is 76.7 Å². The van der Waals surface area contributed by atoms with Gasteiger partial charge in [0, 0.05) is 38.2 Å². The van der Waals surface area contributed by atoms with Gasteiger partial charge in [-0.3, -0.25) is 0 Å². The van der Waals surface area contributed by atoms with E-state index in [1.807, 2.05) is 24.3 Å². The molecule has 11 rings (SSSR count). The molecule has 0 spiro atoms. The topological polar surface area (TPSA) is 29.3 Å².